The molecule has 0 atom stereocenters. The van der Waals surface area contributed by atoms with E-state index in [2.05, 4.69) is 21.4 Å². The molecule has 0 aliphatic rings. The van der Waals surface area contributed by atoms with Crippen LogP contribution in [0.4, 0.5) is 17.1 Å². The number of thiocarbonyl (C=S) groups is 1. The number of hydrogen-bond donors (Lipinski definition) is 3. The van der Waals surface area contributed by atoms with E-state index in [1.54, 1.807) is 24.3 Å². The molecule has 0 bridgehead atoms. The molecule has 31 heavy (non-hydrogen) atoms. The third kappa shape index (κ3) is 5.62. The Kier molecular flexibility index (Phi) is 6.67. The minimum atomic E-state index is -3.75. The summed E-state index contributed by atoms with van der Waals surface area (Å²) < 4.78 is 28.6. The zero-order valence-corrected chi connectivity index (χ0v) is 20.0. The summed E-state index contributed by atoms with van der Waals surface area (Å²) >= 11 is 5.45. The van der Waals surface area contributed by atoms with Crippen LogP contribution in [0.3, 0.4) is 0 Å². The second kappa shape index (κ2) is 9.08. The second-order valence-corrected chi connectivity index (χ2v) is 9.89. The number of sulfonamides is 1. The molecule has 3 aromatic carbocycles. The SMILES string of the molecule is Cc1ccc(NC(=S)Nc2cc(S(=O)(=O)Nc3ccc(C)cc3C)ccc2C)c(C)c1. The molecule has 0 saturated heterocycles. The maximum Gasteiger partial charge on any atom is 0.261 e. The van der Waals surface area contributed by atoms with E-state index in [0.717, 1.165) is 27.9 Å². The van der Waals surface area contributed by atoms with Gasteiger partial charge in [0, 0.05) is 11.4 Å². The van der Waals surface area contributed by atoms with Gasteiger partial charge < -0.3 is 10.6 Å². The summed E-state index contributed by atoms with van der Waals surface area (Å²) in [4.78, 5) is 0.162. The highest BCUT2D eigenvalue weighted by molar-refractivity contribution is 7.92. The highest BCUT2D eigenvalue weighted by Crippen LogP contribution is 2.25. The number of nitrogens with one attached hydrogen (secondary N) is 3. The number of aryl methyl sites for hydroxylation is 5. The Bertz CT molecular complexity index is 1250. The summed E-state index contributed by atoms with van der Waals surface area (Å²) in [6.07, 6.45) is 0. The highest BCUT2D eigenvalue weighted by atomic mass is 32.2. The lowest BCUT2D eigenvalue weighted by Gasteiger charge is -2.16. The van der Waals surface area contributed by atoms with Crippen LogP contribution in [0, 0.1) is 34.6 Å². The molecule has 3 rings (SSSR count). The maximum absolute atomic E-state index is 13.0. The average Bonchev–Trinajstić information content (AvgIpc) is 2.68. The molecule has 0 heterocycles. The van der Waals surface area contributed by atoms with E-state index in [0.29, 0.717) is 16.5 Å². The summed E-state index contributed by atoms with van der Waals surface area (Å²) in [7, 11) is -3.75. The van der Waals surface area contributed by atoms with Gasteiger partial charge in [-0.3, -0.25) is 4.72 Å². The van der Waals surface area contributed by atoms with E-state index in [4.69, 9.17) is 12.2 Å². The quantitative estimate of drug-likeness (QED) is 0.424. The van der Waals surface area contributed by atoms with Gasteiger partial charge in [-0.2, -0.15) is 0 Å². The van der Waals surface area contributed by atoms with Crippen molar-refractivity contribution in [3.63, 3.8) is 0 Å². The summed E-state index contributed by atoms with van der Waals surface area (Å²) in [5.41, 5.74) is 7.18. The molecular formula is C24H27N3O2S2. The van der Waals surface area contributed by atoms with Gasteiger partial charge in [0.25, 0.3) is 10.0 Å². The zero-order valence-electron chi connectivity index (χ0n) is 18.3. The second-order valence-electron chi connectivity index (χ2n) is 7.80. The molecule has 0 aliphatic heterocycles. The zero-order chi connectivity index (χ0) is 22.8. The van der Waals surface area contributed by atoms with Gasteiger partial charge in [-0.15, -0.1) is 0 Å². The Morgan fingerprint density at radius 2 is 1.23 bits per heavy atom. The third-order valence-electron chi connectivity index (χ3n) is 5.02. The van der Waals surface area contributed by atoms with Crippen molar-refractivity contribution in [3.8, 4) is 0 Å². The molecule has 0 saturated carbocycles. The van der Waals surface area contributed by atoms with Crippen LogP contribution in [0.5, 0.6) is 0 Å². The fourth-order valence-corrected chi connectivity index (χ4v) is 4.64. The summed E-state index contributed by atoms with van der Waals surface area (Å²) in [5, 5.41) is 6.70. The monoisotopic (exact) mass is 453 g/mol. The Balaban J connectivity index is 1.81. The third-order valence-corrected chi connectivity index (χ3v) is 6.59. The van der Waals surface area contributed by atoms with Crippen LogP contribution in [-0.4, -0.2) is 13.5 Å². The number of rotatable bonds is 5. The van der Waals surface area contributed by atoms with Crippen LogP contribution in [-0.2, 0) is 10.0 Å². The molecule has 0 radical (unpaired) electrons. The molecule has 0 fully saturated rings. The van der Waals surface area contributed by atoms with Gasteiger partial charge in [0.2, 0.25) is 0 Å². The first-order chi connectivity index (χ1) is 14.5. The van der Waals surface area contributed by atoms with E-state index in [1.807, 2.05) is 58.9 Å². The number of anilines is 3. The fraction of sp³-hybridized carbons (Fsp3) is 0.208. The van der Waals surface area contributed by atoms with E-state index >= 15 is 0 Å². The van der Waals surface area contributed by atoms with Crippen LogP contribution in [0.2, 0.25) is 0 Å². The van der Waals surface area contributed by atoms with Crippen LogP contribution in [0.1, 0.15) is 27.8 Å². The Morgan fingerprint density at radius 3 is 1.81 bits per heavy atom. The van der Waals surface area contributed by atoms with E-state index < -0.39 is 10.0 Å². The lowest BCUT2D eigenvalue weighted by Crippen LogP contribution is -2.21. The van der Waals surface area contributed by atoms with Gasteiger partial charge in [0.15, 0.2) is 5.11 Å². The van der Waals surface area contributed by atoms with Crippen molar-refractivity contribution in [2.45, 2.75) is 39.5 Å². The maximum atomic E-state index is 13.0. The highest BCUT2D eigenvalue weighted by Gasteiger charge is 2.17. The Morgan fingerprint density at radius 1 is 0.677 bits per heavy atom. The van der Waals surface area contributed by atoms with Crippen molar-refractivity contribution in [3.05, 3.63) is 82.4 Å². The van der Waals surface area contributed by atoms with Crippen molar-refractivity contribution in [1.82, 2.24) is 0 Å². The summed E-state index contributed by atoms with van der Waals surface area (Å²) in [6, 6.07) is 16.6. The lowest BCUT2D eigenvalue weighted by atomic mass is 10.1. The smallest absolute Gasteiger partial charge is 0.261 e. The predicted molar refractivity (Wildman–Crippen MR) is 134 cm³/mol. The Labute approximate surface area is 190 Å². The first-order valence-corrected chi connectivity index (χ1v) is 11.8. The number of hydrogen-bond acceptors (Lipinski definition) is 3. The van der Waals surface area contributed by atoms with Crippen LogP contribution in [0.15, 0.2) is 59.5 Å². The van der Waals surface area contributed by atoms with Gasteiger partial charge in [0.1, 0.15) is 0 Å². The normalized spacial score (nSPS) is 11.1. The van der Waals surface area contributed by atoms with E-state index in [9.17, 15) is 8.42 Å². The molecule has 0 aromatic heterocycles. The first kappa shape index (κ1) is 22.8. The van der Waals surface area contributed by atoms with Crippen molar-refractivity contribution in [1.29, 1.82) is 0 Å². The fourth-order valence-electron chi connectivity index (χ4n) is 3.26. The van der Waals surface area contributed by atoms with Gasteiger partial charge in [-0.25, -0.2) is 8.42 Å². The Hall–Kier alpha value is -2.90. The number of benzene rings is 3. The summed E-state index contributed by atoms with van der Waals surface area (Å²) in [5.74, 6) is 0. The predicted octanol–water partition coefficient (Wildman–Crippen LogP) is 5.84. The molecule has 3 aromatic rings. The van der Waals surface area contributed by atoms with Crippen LogP contribution >= 0.6 is 12.2 Å². The lowest BCUT2D eigenvalue weighted by molar-refractivity contribution is 0.601. The largest absolute Gasteiger partial charge is 0.332 e. The molecule has 5 nitrogen and oxygen atoms in total. The molecule has 0 spiro atoms. The topological polar surface area (TPSA) is 70.2 Å². The van der Waals surface area contributed by atoms with E-state index in [-0.39, 0.29) is 4.90 Å². The van der Waals surface area contributed by atoms with Crippen LogP contribution < -0.4 is 15.4 Å². The molecule has 0 unspecified atom stereocenters. The first-order valence-electron chi connectivity index (χ1n) is 9.91. The van der Waals surface area contributed by atoms with E-state index in [1.165, 1.54) is 5.56 Å². The summed E-state index contributed by atoms with van der Waals surface area (Å²) in [6.45, 7) is 9.79. The van der Waals surface area contributed by atoms with Gasteiger partial charge in [0.05, 0.1) is 10.6 Å². The molecule has 3 N–H and O–H groups in total. The van der Waals surface area contributed by atoms with Gasteiger partial charge >= 0.3 is 0 Å². The minimum Gasteiger partial charge on any atom is -0.332 e. The van der Waals surface area contributed by atoms with Crippen molar-refractivity contribution in [2.24, 2.45) is 0 Å². The minimum absolute atomic E-state index is 0.162. The van der Waals surface area contributed by atoms with Gasteiger partial charge in [-0.1, -0.05) is 41.5 Å². The van der Waals surface area contributed by atoms with Crippen molar-refractivity contribution >= 4 is 44.4 Å². The standard InChI is InChI=1S/C24H27N3O2S2/c1-15-6-10-21(18(4)12-15)25-24(30)26-23-14-20(9-8-17(23)3)31(28,29)27-22-11-7-16(2)13-19(22)5/h6-14,27H,1-5H3,(H2,25,26,30). The molecule has 0 amide bonds. The molecule has 0 aliphatic carbocycles. The molecule has 7 heteroatoms. The average molecular weight is 454 g/mol. The van der Waals surface area contributed by atoms with Gasteiger partial charge in [-0.05, 0) is 87.8 Å². The van der Waals surface area contributed by atoms with Crippen molar-refractivity contribution < 1.29 is 8.42 Å². The molecule has 162 valence electrons. The molecular weight excluding hydrogens is 426 g/mol. The van der Waals surface area contributed by atoms with Crippen LogP contribution in [0.25, 0.3) is 0 Å². The van der Waals surface area contributed by atoms with Crippen molar-refractivity contribution in [2.75, 3.05) is 15.4 Å².